The molecule has 0 saturated heterocycles. The van der Waals surface area contributed by atoms with Gasteiger partial charge in [0.05, 0.1) is 23.8 Å². The second kappa shape index (κ2) is 5.21. The SMILES string of the molecule is CC(C)CCOc1ccc2ncn(C)c(=O)c2c1. The number of benzene rings is 1. The van der Waals surface area contributed by atoms with Gasteiger partial charge in [-0.1, -0.05) is 13.8 Å². The summed E-state index contributed by atoms with van der Waals surface area (Å²) in [6.07, 6.45) is 2.53. The molecule has 0 fully saturated rings. The molecule has 0 N–H and O–H groups in total. The molecule has 96 valence electrons. The Balaban J connectivity index is 2.26. The molecule has 18 heavy (non-hydrogen) atoms. The molecule has 1 aromatic heterocycles. The zero-order valence-electron chi connectivity index (χ0n) is 11.0. The van der Waals surface area contributed by atoms with Crippen LogP contribution in [0.2, 0.25) is 0 Å². The summed E-state index contributed by atoms with van der Waals surface area (Å²) in [7, 11) is 1.70. The molecule has 0 aliphatic rings. The standard InChI is InChI=1S/C14H18N2O2/c1-10(2)6-7-18-11-4-5-13-12(8-11)14(17)16(3)9-15-13/h4-5,8-10H,6-7H2,1-3H3. The third kappa shape index (κ3) is 2.70. The van der Waals surface area contributed by atoms with E-state index >= 15 is 0 Å². The minimum atomic E-state index is -0.0469. The van der Waals surface area contributed by atoms with Crippen molar-refractivity contribution in [1.29, 1.82) is 0 Å². The molecule has 0 radical (unpaired) electrons. The number of rotatable bonds is 4. The minimum Gasteiger partial charge on any atom is -0.494 e. The summed E-state index contributed by atoms with van der Waals surface area (Å²) in [5, 5.41) is 0.599. The Labute approximate surface area is 106 Å². The van der Waals surface area contributed by atoms with Gasteiger partial charge in [0, 0.05) is 7.05 Å². The van der Waals surface area contributed by atoms with Crippen LogP contribution in [0.15, 0.2) is 29.3 Å². The molecule has 1 aromatic carbocycles. The Morgan fingerprint density at radius 3 is 2.89 bits per heavy atom. The molecule has 1 heterocycles. The minimum absolute atomic E-state index is 0.0469. The molecule has 0 bridgehead atoms. The van der Waals surface area contributed by atoms with E-state index in [9.17, 15) is 4.79 Å². The fourth-order valence-electron chi connectivity index (χ4n) is 1.69. The van der Waals surface area contributed by atoms with Gasteiger partial charge in [0.2, 0.25) is 0 Å². The van der Waals surface area contributed by atoms with Gasteiger partial charge in [-0.15, -0.1) is 0 Å². The Morgan fingerprint density at radius 1 is 1.39 bits per heavy atom. The van der Waals surface area contributed by atoms with Crippen molar-refractivity contribution in [2.24, 2.45) is 13.0 Å². The Morgan fingerprint density at radius 2 is 2.17 bits per heavy atom. The summed E-state index contributed by atoms with van der Waals surface area (Å²) in [4.78, 5) is 16.1. The highest BCUT2D eigenvalue weighted by atomic mass is 16.5. The molecule has 0 spiro atoms. The first-order valence-corrected chi connectivity index (χ1v) is 6.16. The summed E-state index contributed by atoms with van der Waals surface area (Å²) < 4.78 is 7.12. The van der Waals surface area contributed by atoms with Crippen molar-refractivity contribution in [3.8, 4) is 5.75 Å². The highest BCUT2D eigenvalue weighted by molar-refractivity contribution is 5.78. The topological polar surface area (TPSA) is 44.1 Å². The highest BCUT2D eigenvalue weighted by Crippen LogP contribution is 2.17. The van der Waals surface area contributed by atoms with Crippen LogP contribution in [-0.2, 0) is 7.05 Å². The summed E-state index contributed by atoms with van der Waals surface area (Å²) in [6, 6.07) is 5.45. The first-order chi connectivity index (χ1) is 8.58. The quantitative estimate of drug-likeness (QED) is 0.831. The first kappa shape index (κ1) is 12.6. The number of aryl methyl sites for hydroxylation is 1. The van der Waals surface area contributed by atoms with E-state index in [2.05, 4.69) is 18.8 Å². The molecule has 0 unspecified atom stereocenters. The second-order valence-corrected chi connectivity index (χ2v) is 4.87. The van der Waals surface area contributed by atoms with Crippen molar-refractivity contribution in [3.63, 3.8) is 0 Å². The molecular formula is C14H18N2O2. The zero-order valence-corrected chi connectivity index (χ0v) is 11.0. The monoisotopic (exact) mass is 246 g/mol. The molecule has 4 nitrogen and oxygen atoms in total. The van der Waals surface area contributed by atoms with Gasteiger partial charge in [0.25, 0.3) is 5.56 Å². The van der Waals surface area contributed by atoms with Gasteiger partial charge in [-0.25, -0.2) is 4.98 Å². The average Bonchev–Trinajstić information content (AvgIpc) is 2.34. The lowest BCUT2D eigenvalue weighted by molar-refractivity contribution is 0.290. The summed E-state index contributed by atoms with van der Waals surface area (Å²) in [5.41, 5.74) is 0.656. The maximum atomic E-state index is 11.9. The van der Waals surface area contributed by atoms with Crippen molar-refractivity contribution < 1.29 is 4.74 Å². The molecule has 0 aliphatic carbocycles. The van der Waals surface area contributed by atoms with Crippen LogP contribution in [0.4, 0.5) is 0 Å². The van der Waals surface area contributed by atoms with Gasteiger partial charge < -0.3 is 9.30 Å². The van der Waals surface area contributed by atoms with Crippen LogP contribution < -0.4 is 10.3 Å². The van der Waals surface area contributed by atoms with Crippen molar-refractivity contribution in [3.05, 3.63) is 34.9 Å². The van der Waals surface area contributed by atoms with E-state index in [1.807, 2.05) is 12.1 Å². The molecule has 0 atom stereocenters. The molecule has 2 aromatic rings. The Kier molecular flexibility index (Phi) is 3.65. The smallest absolute Gasteiger partial charge is 0.261 e. The predicted octanol–water partition coefficient (Wildman–Crippen LogP) is 2.36. The molecule has 0 saturated carbocycles. The van der Waals surface area contributed by atoms with Crippen LogP contribution in [0.25, 0.3) is 10.9 Å². The van der Waals surface area contributed by atoms with E-state index in [1.54, 1.807) is 13.1 Å². The molecule has 0 aliphatic heterocycles. The van der Waals surface area contributed by atoms with Crippen molar-refractivity contribution in [2.45, 2.75) is 20.3 Å². The van der Waals surface area contributed by atoms with Crippen LogP contribution in [0, 0.1) is 5.92 Å². The third-order valence-electron chi connectivity index (χ3n) is 2.85. The number of fused-ring (bicyclic) bond motifs is 1. The van der Waals surface area contributed by atoms with Gasteiger partial charge in [-0.3, -0.25) is 4.79 Å². The number of ether oxygens (including phenoxy) is 1. The van der Waals surface area contributed by atoms with Crippen LogP contribution >= 0.6 is 0 Å². The lowest BCUT2D eigenvalue weighted by atomic mass is 10.1. The normalized spacial score (nSPS) is 11.1. The summed E-state index contributed by atoms with van der Waals surface area (Å²) in [6.45, 7) is 4.98. The van der Waals surface area contributed by atoms with E-state index in [4.69, 9.17) is 4.74 Å². The largest absolute Gasteiger partial charge is 0.494 e. The maximum Gasteiger partial charge on any atom is 0.261 e. The van der Waals surface area contributed by atoms with Crippen LogP contribution in [0.3, 0.4) is 0 Å². The van der Waals surface area contributed by atoms with Crippen molar-refractivity contribution in [2.75, 3.05) is 6.61 Å². The number of hydrogen-bond acceptors (Lipinski definition) is 3. The fraction of sp³-hybridized carbons (Fsp3) is 0.429. The Hall–Kier alpha value is -1.84. The van der Waals surface area contributed by atoms with E-state index in [1.165, 1.54) is 10.9 Å². The van der Waals surface area contributed by atoms with Crippen LogP contribution in [-0.4, -0.2) is 16.2 Å². The fourth-order valence-corrected chi connectivity index (χ4v) is 1.69. The van der Waals surface area contributed by atoms with E-state index in [-0.39, 0.29) is 5.56 Å². The van der Waals surface area contributed by atoms with Crippen molar-refractivity contribution >= 4 is 10.9 Å². The van der Waals surface area contributed by atoms with Gasteiger partial charge in [0.15, 0.2) is 0 Å². The average molecular weight is 246 g/mol. The lowest BCUT2D eigenvalue weighted by Gasteiger charge is -2.08. The lowest BCUT2D eigenvalue weighted by Crippen LogP contribution is -2.16. The van der Waals surface area contributed by atoms with E-state index < -0.39 is 0 Å². The van der Waals surface area contributed by atoms with Crippen LogP contribution in [0.5, 0.6) is 5.75 Å². The molecule has 4 heteroatoms. The number of hydrogen-bond donors (Lipinski definition) is 0. The molecular weight excluding hydrogens is 228 g/mol. The number of nitrogens with zero attached hydrogens (tertiary/aromatic N) is 2. The van der Waals surface area contributed by atoms with Crippen molar-refractivity contribution in [1.82, 2.24) is 9.55 Å². The highest BCUT2D eigenvalue weighted by Gasteiger charge is 2.04. The Bertz CT molecular complexity index is 602. The summed E-state index contributed by atoms with van der Waals surface area (Å²) >= 11 is 0. The zero-order chi connectivity index (χ0) is 13.1. The first-order valence-electron chi connectivity index (χ1n) is 6.16. The van der Waals surface area contributed by atoms with Crippen LogP contribution in [0.1, 0.15) is 20.3 Å². The van der Waals surface area contributed by atoms with Gasteiger partial charge in [-0.2, -0.15) is 0 Å². The third-order valence-corrected chi connectivity index (χ3v) is 2.85. The van der Waals surface area contributed by atoms with Gasteiger partial charge in [-0.05, 0) is 30.5 Å². The van der Waals surface area contributed by atoms with Gasteiger partial charge >= 0.3 is 0 Å². The molecule has 0 amide bonds. The number of aromatic nitrogens is 2. The van der Waals surface area contributed by atoms with E-state index in [0.29, 0.717) is 23.4 Å². The van der Waals surface area contributed by atoms with E-state index in [0.717, 1.165) is 12.2 Å². The summed E-state index contributed by atoms with van der Waals surface area (Å²) in [5.74, 6) is 1.34. The second-order valence-electron chi connectivity index (χ2n) is 4.87. The maximum absolute atomic E-state index is 11.9. The molecule has 2 rings (SSSR count). The van der Waals surface area contributed by atoms with Gasteiger partial charge in [0.1, 0.15) is 5.75 Å². The predicted molar refractivity (Wildman–Crippen MR) is 71.9 cm³/mol.